The van der Waals surface area contributed by atoms with Gasteiger partial charge < -0.3 is 25.3 Å². The van der Waals surface area contributed by atoms with Crippen molar-refractivity contribution in [2.45, 2.75) is 59.7 Å². The van der Waals surface area contributed by atoms with E-state index in [-0.39, 0.29) is 18.0 Å². The van der Waals surface area contributed by atoms with Crippen molar-refractivity contribution in [3.05, 3.63) is 23.2 Å². The molecule has 1 rings (SSSR count). The van der Waals surface area contributed by atoms with Crippen LogP contribution in [-0.4, -0.2) is 35.4 Å². The zero-order chi connectivity index (χ0) is 17.8. The molecule has 0 aliphatic carbocycles. The van der Waals surface area contributed by atoms with Crippen molar-refractivity contribution in [3.63, 3.8) is 0 Å². The SMILES string of the molecule is Cc1cc(C(C)(O)CNC(=O)NCC(C)(C)CC(C)O)c(C)o1. The lowest BCUT2D eigenvalue weighted by Crippen LogP contribution is -2.46. The van der Waals surface area contributed by atoms with E-state index in [1.807, 2.05) is 20.8 Å². The van der Waals surface area contributed by atoms with Crippen LogP contribution < -0.4 is 10.6 Å². The average Bonchev–Trinajstić information content (AvgIpc) is 2.72. The Kier molecular flexibility index (Phi) is 6.25. The van der Waals surface area contributed by atoms with Crippen molar-refractivity contribution in [1.82, 2.24) is 10.6 Å². The summed E-state index contributed by atoms with van der Waals surface area (Å²) in [5, 5.41) is 25.4. The summed E-state index contributed by atoms with van der Waals surface area (Å²) in [4.78, 5) is 11.9. The van der Waals surface area contributed by atoms with Gasteiger partial charge in [0.1, 0.15) is 17.1 Å². The van der Waals surface area contributed by atoms with Crippen molar-refractivity contribution in [1.29, 1.82) is 0 Å². The zero-order valence-corrected chi connectivity index (χ0v) is 15.0. The summed E-state index contributed by atoms with van der Waals surface area (Å²) < 4.78 is 5.42. The van der Waals surface area contributed by atoms with Crippen LogP contribution in [0.25, 0.3) is 0 Å². The van der Waals surface area contributed by atoms with Crippen LogP contribution in [0.3, 0.4) is 0 Å². The highest BCUT2D eigenvalue weighted by atomic mass is 16.3. The zero-order valence-electron chi connectivity index (χ0n) is 15.0. The number of aryl methyl sites for hydroxylation is 2. The number of urea groups is 1. The van der Waals surface area contributed by atoms with E-state index in [2.05, 4.69) is 10.6 Å². The van der Waals surface area contributed by atoms with Crippen LogP contribution in [0.15, 0.2) is 10.5 Å². The van der Waals surface area contributed by atoms with Crippen molar-refractivity contribution in [2.75, 3.05) is 13.1 Å². The molecule has 0 spiro atoms. The number of nitrogens with one attached hydrogen (secondary N) is 2. The third-order valence-electron chi connectivity index (χ3n) is 3.79. The van der Waals surface area contributed by atoms with Crippen molar-refractivity contribution in [3.8, 4) is 0 Å². The summed E-state index contributed by atoms with van der Waals surface area (Å²) in [5.41, 5.74) is -0.731. The number of aliphatic hydroxyl groups excluding tert-OH is 1. The number of aliphatic hydroxyl groups is 2. The molecule has 0 fully saturated rings. The quantitative estimate of drug-likeness (QED) is 0.618. The number of amides is 2. The lowest BCUT2D eigenvalue weighted by Gasteiger charge is -2.27. The highest BCUT2D eigenvalue weighted by molar-refractivity contribution is 5.74. The monoisotopic (exact) mass is 326 g/mol. The van der Waals surface area contributed by atoms with E-state index >= 15 is 0 Å². The van der Waals surface area contributed by atoms with Crippen LogP contribution in [0.1, 0.15) is 51.2 Å². The minimum Gasteiger partial charge on any atom is -0.466 e. The Labute approximate surface area is 138 Å². The molecule has 1 aromatic rings. The normalized spacial score (nSPS) is 15.8. The van der Waals surface area contributed by atoms with Gasteiger partial charge in [0.2, 0.25) is 0 Å². The number of hydrogen-bond donors (Lipinski definition) is 4. The smallest absolute Gasteiger partial charge is 0.314 e. The lowest BCUT2D eigenvalue weighted by molar-refractivity contribution is 0.0577. The summed E-state index contributed by atoms with van der Waals surface area (Å²) in [5.74, 6) is 1.37. The molecule has 6 nitrogen and oxygen atoms in total. The molecule has 2 amide bonds. The van der Waals surface area contributed by atoms with Crippen LogP contribution >= 0.6 is 0 Å². The van der Waals surface area contributed by atoms with E-state index < -0.39 is 11.7 Å². The Morgan fingerprint density at radius 1 is 1.26 bits per heavy atom. The minimum atomic E-state index is -1.20. The molecular weight excluding hydrogens is 296 g/mol. The van der Waals surface area contributed by atoms with Gasteiger partial charge >= 0.3 is 6.03 Å². The topological polar surface area (TPSA) is 94.7 Å². The molecule has 6 heteroatoms. The molecule has 0 aliphatic heterocycles. The second-order valence-electron chi connectivity index (χ2n) is 7.35. The largest absolute Gasteiger partial charge is 0.466 e. The van der Waals surface area contributed by atoms with Crippen LogP contribution in [-0.2, 0) is 5.60 Å². The molecular formula is C17H30N2O4. The van der Waals surface area contributed by atoms with Gasteiger partial charge in [-0.05, 0) is 45.6 Å². The number of rotatable bonds is 7. The summed E-state index contributed by atoms with van der Waals surface area (Å²) in [6, 6.07) is 1.43. The van der Waals surface area contributed by atoms with Gasteiger partial charge in [-0.15, -0.1) is 0 Å². The Hall–Kier alpha value is -1.53. The van der Waals surface area contributed by atoms with E-state index in [4.69, 9.17) is 4.42 Å². The van der Waals surface area contributed by atoms with Crippen molar-refractivity contribution < 1.29 is 19.4 Å². The van der Waals surface area contributed by atoms with Gasteiger partial charge in [-0.1, -0.05) is 13.8 Å². The summed E-state index contributed by atoms with van der Waals surface area (Å²) in [6.45, 7) is 11.5. The van der Waals surface area contributed by atoms with Crippen LogP contribution in [0.2, 0.25) is 0 Å². The maximum absolute atomic E-state index is 11.9. The minimum absolute atomic E-state index is 0.0788. The Morgan fingerprint density at radius 2 is 1.83 bits per heavy atom. The van der Waals surface area contributed by atoms with Gasteiger partial charge in [0, 0.05) is 12.1 Å². The second-order valence-corrected chi connectivity index (χ2v) is 7.35. The van der Waals surface area contributed by atoms with Crippen LogP contribution in [0, 0.1) is 19.3 Å². The molecule has 2 atom stereocenters. The van der Waals surface area contributed by atoms with Gasteiger partial charge in [0.05, 0.1) is 12.6 Å². The molecule has 0 aromatic carbocycles. The van der Waals surface area contributed by atoms with E-state index in [1.54, 1.807) is 26.8 Å². The van der Waals surface area contributed by atoms with E-state index in [0.29, 0.717) is 24.3 Å². The van der Waals surface area contributed by atoms with Gasteiger partial charge in [-0.25, -0.2) is 4.79 Å². The highest BCUT2D eigenvalue weighted by Gasteiger charge is 2.28. The predicted octanol–water partition coefficient (Wildman–Crippen LogP) is 2.20. The fraction of sp³-hybridized carbons (Fsp3) is 0.706. The van der Waals surface area contributed by atoms with Gasteiger partial charge in [-0.3, -0.25) is 0 Å². The highest BCUT2D eigenvalue weighted by Crippen LogP contribution is 2.26. The molecule has 0 aliphatic rings. The third kappa shape index (κ3) is 6.23. The Bertz CT molecular complexity index is 533. The first-order chi connectivity index (χ1) is 10.4. The first-order valence-electron chi connectivity index (χ1n) is 7.92. The summed E-state index contributed by atoms with van der Waals surface area (Å²) in [7, 11) is 0. The maximum atomic E-state index is 11.9. The molecule has 2 unspecified atom stereocenters. The molecule has 4 N–H and O–H groups in total. The fourth-order valence-electron chi connectivity index (χ4n) is 2.77. The van der Waals surface area contributed by atoms with Crippen molar-refractivity contribution in [2.24, 2.45) is 5.41 Å². The average molecular weight is 326 g/mol. The molecule has 23 heavy (non-hydrogen) atoms. The number of furan rings is 1. The first-order valence-corrected chi connectivity index (χ1v) is 7.92. The standard InChI is InChI=1S/C17H30N2O4/c1-11(20)8-16(4,5)9-18-15(21)19-10-17(6,22)14-7-12(2)23-13(14)3/h7,11,20,22H,8-10H2,1-6H3,(H2,18,19,21). The summed E-state index contributed by atoms with van der Waals surface area (Å²) in [6.07, 6.45) is 0.182. The first kappa shape index (κ1) is 19.5. The predicted molar refractivity (Wildman–Crippen MR) is 89.2 cm³/mol. The summed E-state index contributed by atoms with van der Waals surface area (Å²) >= 11 is 0. The molecule has 0 saturated heterocycles. The van der Waals surface area contributed by atoms with Crippen LogP contribution in [0.5, 0.6) is 0 Å². The molecule has 0 bridgehead atoms. The van der Waals surface area contributed by atoms with E-state index in [0.717, 1.165) is 5.76 Å². The molecule has 1 aromatic heterocycles. The van der Waals surface area contributed by atoms with Gasteiger partial charge in [0.15, 0.2) is 0 Å². The fourth-order valence-corrected chi connectivity index (χ4v) is 2.77. The molecule has 0 radical (unpaired) electrons. The second kappa shape index (κ2) is 7.36. The van der Waals surface area contributed by atoms with E-state index in [1.165, 1.54) is 0 Å². The van der Waals surface area contributed by atoms with Gasteiger partial charge in [0.25, 0.3) is 0 Å². The Balaban J connectivity index is 2.51. The maximum Gasteiger partial charge on any atom is 0.314 e. The lowest BCUT2D eigenvalue weighted by atomic mass is 9.87. The number of carbonyl (C=O) groups excluding carboxylic acids is 1. The van der Waals surface area contributed by atoms with Crippen LogP contribution in [0.4, 0.5) is 4.79 Å². The third-order valence-corrected chi connectivity index (χ3v) is 3.79. The molecule has 0 saturated carbocycles. The van der Waals surface area contributed by atoms with Gasteiger partial charge in [-0.2, -0.15) is 0 Å². The van der Waals surface area contributed by atoms with E-state index in [9.17, 15) is 15.0 Å². The molecule has 132 valence electrons. The number of carbonyl (C=O) groups is 1. The number of hydrogen-bond acceptors (Lipinski definition) is 4. The van der Waals surface area contributed by atoms with Crippen molar-refractivity contribution >= 4 is 6.03 Å². The molecule has 1 heterocycles. The Morgan fingerprint density at radius 3 is 2.30 bits per heavy atom.